The van der Waals surface area contributed by atoms with Crippen molar-refractivity contribution in [3.05, 3.63) is 0 Å². The van der Waals surface area contributed by atoms with Crippen LogP contribution in [0.1, 0.15) is 84.5 Å². The minimum absolute atomic E-state index is 0. The summed E-state index contributed by atoms with van der Waals surface area (Å²) >= 11 is 0. The molecule has 0 amide bonds. The third-order valence-electron chi connectivity index (χ3n) is 4.58. The molecule has 0 N–H and O–H groups in total. The van der Waals surface area contributed by atoms with Gasteiger partial charge in [-0.15, -0.1) is 0 Å². The Morgan fingerprint density at radius 3 is 1.74 bits per heavy atom. The molecule has 0 fully saturated rings. The third-order valence-corrected chi connectivity index (χ3v) is 5.04. The molecule has 0 rings (SSSR count). The van der Waals surface area contributed by atoms with E-state index in [2.05, 4.69) is 70.7 Å². The normalized spacial score (nSPS) is 9.74. The number of unbranched alkanes of at least 4 members (excludes halogenated alkanes) is 9. The van der Waals surface area contributed by atoms with Crippen molar-refractivity contribution in [2.75, 3.05) is 13.2 Å². The van der Waals surface area contributed by atoms with E-state index in [1.165, 1.54) is 38.5 Å². The average molecular weight is 575 g/mol. The monoisotopic (exact) mass is 574 g/mol. The molecular formula is C28H33Na2O8P. The predicted molar refractivity (Wildman–Crippen MR) is 135 cm³/mol. The molecule has 0 aliphatic carbocycles. The van der Waals surface area contributed by atoms with E-state index in [1.807, 2.05) is 0 Å². The summed E-state index contributed by atoms with van der Waals surface area (Å²) in [7, 11) is -5.30. The molecule has 8 nitrogen and oxygen atoms in total. The van der Waals surface area contributed by atoms with Gasteiger partial charge in [-0.05, 0) is 60.7 Å². The second kappa shape index (κ2) is 29.8. The van der Waals surface area contributed by atoms with Gasteiger partial charge in [-0.2, -0.15) is 0 Å². The van der Waals surface area contributed by atoms with E-state index < -0.39 is 39.1 Å². The molecule has 0 spiro atoms. The van der Waals surface area contributed by atoms with Crippen molar-refractivity contribution < 1.29 is 97.1 Å². The van der Waals surface area contributed by atoms with Gasteiger partial charge in [-0.25, -0.2) is 4.79 Å². The van der Waals surface area contributed by atoms with Crippen LogP contribution in [0.3, 0.4) is 0 Å². The summed E-state index contributed by atoms with van der Waals surface area (Å²) in [5, 5.41) is 0. The number of carbonyl (C=O) groups excluding carboxylic acids is 2. The smallest absolute Gasteiger partial charge is 0.790 e. The van der Waals surface area contributed by atoms with Crippen LogP contribution >= 0.6 is 7.82 Å². The topological polar surface area (TPSA) is 125 Å². The van der Waals surface area contributed by atoms with Gasteiger partial charge in [-0.1, -0.05) is 70.6 Å². The van der Waals surface area contributed by atoms with Crippen LogP contribution in [-0.2, 0) is 28.2 Å². The third kappa shape index (κ3) is 33.0. The fraction of sp³-hybridized carbons (Fsp3) is 0.571. The zero-order valence-corrected chi connectivity index (χ0v) is 28.4. The molecule has 0 aromatic heterocycles. The first kappa shape index (κ1) is 42.3. The Labute approximate surface area is 277 Å². The van der Waals surface area contributed by atoms with Gasteiger partial charge in [0.15, 0.2) is 6.10 Å². The van der Waals surface area contributed by atoms with E-state index in [1.54, 1.807) is 6.92 Å². The van der Waals surface area contributed by atoms with Crippen molar-refractivity contribution in [1.82, 2.24) is 0 Å². The molecule has 0 aliphatic heterocycles. The van der Waals surface area contributed by atoms with Crippen molar-refractivity contribution in [2.45, 2.75) is 90.6 Å². The Hall–Kier alpha value is -1.15. The van der Waals surface area contributed by atoms with Gasteiger partial charge in [0, 0.05) is 12.3 Å². The van der Waals surface area contributed by atoms with E-state index in [0.29, 0.717) is 6.42 Å². The van der Waals surface area contributed by atoms with Crippen LogP contribution < -0.4 is 68.9 Å². The summed E-state index contributed by atoms with van der Waals surface area (Å²) in [4.78, 5) is 45.3. The Bertz CT molecular complexity index is 1060. The van der Waals surface area contributed by atoms with E-state index >= 15 is 0 Å². The molecule has 1 atom stereocenters. The molecule has 0 aromatic carbocycles. The first-order chi connectivity index (χ1) is 17.8. The summed E-state index contributed by atoms with van der Waals surface area (Å²) in [6.45, 7) is 2.51. The summed E-state index contributed by atoms with van der Waals surface area (Å²) in [5.41, 5.74) is 0. The van der Waals surface area contributed by atoms with E-state index in [9.17, 15) is 23.9 Å². The zero-order chi connectivity index (χ0) is 27.6. The molecule has 0 saturated carbocycles. The minimum Gasteiger partial charge on any atom is -0.790 e. The average Bonchev–Trinajstić information content (AvgIpc) is 2.85. The number of esters is 2. The van der Waals surface area contributed by atoms with Crippen LogP contribution in [0.2, 0.25) is 0 Å². The maximum Gasteiger partial charge on any atom is 1.00 e. The molecule has 0 unspecified atom stereocenters. The molecule has 200 valence electrons. The van der Waals surface area contributed by atoms with Crippen LogP contribution in [0.15, 0.2) is 0 Å². The van der Waals surface area contributed by atoms with Gasteiger partial charge in [0.25, 0.3) is 0 Å². The van der Waals surface area contributed by atoms with Crippen molar-refractivity contribution in [1.29, 1.82) is 0 Å². The fourth-order valence-corrected chi connectivity index (χ4v) is 3.18. The van der Waals surface area contributed by atoms with Gasteiger partial charge in [0.1, 0.15) is 6.61 Å². The van der Waals surface area contributed by atoms with E-state index in [-0.39, 0.29) is 65.5 Å². The fourth-order valence-electron chi connectivity index (χ4n) is 2.83. The minimum atomic E-state index is -5.30. The Morgan fingerprint density at radius 2 is 1.23 bits per heavy atom. The Balaban J connectivity index is -0.00000648. The maximum atomic E-state index is 12.1. The molecule has 0 heterocycles. The van der Waals surface area contributed by atoms with Crippen LogP contribution in [-0.4, -0.2) is 31.3 Å². The second-order valence-electron chi connectivity index (χ2n) is 7.76. The number of phosphoric acid groups is 1. The number of hydrogen-bond acceptors (Lipinski definition) is 8. The molecular weight excluding hydrogens is 541 g/mol. The van der Waals surface area contributed by atoms with Crippen molar-refractivity contribution in [3.8, 4) is 59.2 Å². The molecule has 0 aliphatic rings. The predicted octanol–water partition coefficient (Wildman–Crippen LogP) is -3.36. The van der Waals surface area contributed by atoms with Gasteiger partial charge in [-0.3, -0.25) is 4.79 Å². The van der Waals surface area contributed by atoms with Crippen LogP contribution in [0.4, 0.5) is 0 Å². The standard InChI is InChI=1S/C28H35O8P.2Na/c1-3-5-7-9-11-13-15-17-19-21-23-28(30)36-26(25-35-37(31,32)33)24-34-27(29)22-20-18-16-14-12-10-8-6-4-2;;/h26H,3,5,7,9,11,13,15,17,19,21,23-25H2,1-2H3,(H2,31,32,33);;/q;2*+1/p-2/t26-;;/m1../s1. The molecule has 0 aromatic rings. The summed E-state index contributed by atoms with van der Waals surface area (Å²) in [5.74, 6) is 22.2. The molecule has 0 radical (unpaired) electrons. The number of phosphoric ester groups is 1. The second-order valence-corrected chi connectivity index (χ2v) is 8.91. The quantitative estimate of drug-likeness (QED) is 0.0441. The largest absolute Gasteiger partial charge is 1.00 e. The number of carbonyl (C=O) groups is 2. The summed E-state index contributed by atoms with van der Waals surface area (Å²) < 4.78 is 24.9. The Kier molecular flexibility index (Phi) is 32.4. The number of hydrogen-bond donors (Lipinski definition) is 0. The maximum absolute atomic E-state index is 12.1. The van der Waals surface area contributed by atoms with Crippen molar-refractivity contribution in [3.63, 3.8) is 0 Å². The van der Waals surface area contributed by atoms with E-state index in [0.717, 1.165) is 19.3 Å². The van der Waals surface area contributed by atoms with Gasteiger partial charge in [0.05, 0.1) is 14.4 Å². The van der Waals surface area contributed by atoms with Crippen LogP contribution in [0.5, 0.6) is 0 Å². The summed E-state index contributed by atoms with van der Waals surface area (Å²) in [6, 6.07) is 0. The van der Waals surface area contributed by atoms with E-state index in [4.69, 9.17) is 9.47 Å². The van der Waals surface area contributed by atoms with Gasteiger partial charge in [0.2, 0.25) is 0 Å². The molecule has 39 heavy (non-hydrogen) atoms. The number of rotatable bonds is 17. The Morgan fingerprint density at radius 1 is 0.744 bits per heavy atom. The molecule has 0 saturated heterocycles. The molecule has 11 heteroatoms. The molecule has 0 bridgehead atoms. The van der Waals surface area contributed by atoms with Crippen molar-refractivity contribution >= 4 is 19.8 Å². The summed E-state index contributed by atoms with van der Waals surface area (Å²) in [6.07, 6.45) is 9.85. The van der Waals surface area contributed by atoms with Gasteiger partial charge >= 0.3 is 71.1 Å². The van der Waals surface area contributed by atoms with Crippen molar-refractivity contribution in [2.24, 2.45) is 0 Å². The van der Waals surface area contributed by atoms with Crippen LogP contribution in [0.25, 0.3) is 0 Å². The van der Waals surface area contributed by atoms with Gasteiger partial charge < -0.3 is 28.3 Å². The zero-order valence-electron chi connectivity index (χ0n) is 23.5. The first-order valence-corrected chi connectivity index (χ1v) is 13.7. The van der Waals surface area contributed by atoms with Crippen LogP contribution in [0, 0.1) is 59.2 Å². The SMILES string of the molecule is CC#CC#CC#CC#CC#CC(=O)OC[C@H](COP(=O)([O-])[O-])OC(=O)CCCCCCCCCCCC.[Na+].[Na+]. The first-order valence-electron chi connectivity index (χ1n) is 12.2. The number of ether oxygens (including phenoxy) is 2.